The number of hydrogen-bond acceptors (Lipinski definition) is 8. The third-order valence-electron chi connectivity index (χ3n) is 12.0. The van der Waals surface area contributed by atoms with E-state index in [-0.39, 0.29) is 53.7 Å². The highest BCUT2D eigenvalue weighted by Gasteiger charge is 2.47. The molecule has 0 aromatic rings. The van der Waals surface area contributed by atoms with Crippen molar-refractivity contribution in [2.24, 2.45) is 5.92 Å². The van der Waals surface area contributed by atoms with Gasteiger partial charge < -0.3 is 28.8 Å². The number of rotatable bonds is 19. The van der Waals surface area contributed by atoms with E-state index < -0.39 is 5.85 Å². The SMILES string of the molecule is COC1(NCCC2CO2)CCCN1C(CPN1CCCC1=O)CC(CC(CC(C(C)C)N1CCCC1=O)N1CCCC1=O)N1CCCC1=O. The maximum absolute atomic E-state index is 13.6. The lowest BCUT2D eigenvalue weighted by molar-refractivity contribution is -0.153. The first-order chi connectivity index (χ1) is 23.7. The molecule has 6 heterocycles. The monoisotopic (exact) mass is 704 g/mol. The third kappa shape index (κ3) is 8.79. The number of nitrogens with one attached hydrogen (secondary N) is 1. The second-order valence-electron chi connectivity index (χ2n) is 15.5. The molecule has 6 saturated heterocycles. The molecule has 49 heavy (non-hydrogen) atoms. The van der Waals surface area contributed by atoms with Gasteiger partial charge in [-0.1, -0.05) is 13.8 Å². The van der Waals surface area contributed by atoms with Crippen molar-refractivity contribution in [1.29, 1.82) is 0 Å². The molecule has 13 heteroatoms. The lowest BCUT2D eigenvalue weighted by Gasteiger charge is -2.45. The van der Waals surface area contributed by atoms with Gasteiger partial charge in [0, 0.05) is 103 Å². The zero-order valence-corrected chi connectivity index (χ0v) is 31.2. The van der Waals surface area contributed by atoms with E-state index in [9.17, 15) is 19.2 Å². The summed E-state index contributed by atoms with van der Waals surface area (Å²) in [6.45, 7) is 9.96. The Kier molecular flexibility index (Phi) is 12.6. The van der Waals surface area contributed by atoms with E-state index in [1.54, 1.807) is 7.11 Å². The first-order valence-electron chi connectivity index (χ1n) is 19.3. The van der Waals surface area contributed by atoms with Crippen LogP contribution in [0.2, 0.25) is 0 Å². The maximum atomic E-state index is 13.6. The minimum Gasteiger partial charge on any atom is -0.373 e. The number of amides is 4. The van der Waals surface area contributed by atoms with E-state index in [0.717, 1.165) is 110 Å². The first kappa shape index (κ1) is 36.9. The summed E-state index contributed by atoms with van der Waals surface area (Å²) in [5.41, 5.74) is 0. The highest BCUT2D eigenvalue weighted by atomic mass is 31.1. The van der Waals surface area contributed by atoms with Crippen LogP contribution in [-0.2, 0) is 28.7 Å². The quantitative estimate of drug-likeness (QED) is 0.124. The number of nitrogens with zero attached hydrogens (tertiary/aromatic N) is 5. The number of epoxide rings is 1. The van der Waals surface area contributed by atoms with Gasteiger partial charge in [0.2, 0.25) is 23.6 Å². The number of likely N-dealkylation sites (tertiary alicyclic amines) is 4. The van der Waals surface area contributed by atoms with E-state index in [1.165, 1.54) is 0 Å². The minimum atomic E-state index is -0.609. The molecule has 6 aliphatic heterocycles. The fraction of sp³-hybridized carbons (Fsp3) is 0.889. The summed E-state index contributed by atoms with van der Waals surface area (Å²) >= 11 is 0. The topological polar surface area (TPSA) is 118 Å². The molecule has 0 saturated carbocycles. The van der Waals surface area contributed by atoms with Crippen LogP contribution >= 0.6 is 8.73 Å². The predicted molar refractivity (Wildman–Crippen MR) is 189 cm³/mol. The summed E-state index contributed by atoms with van der Waals surface area (Å²) in [5, 5.41) is 3.78. The van der Waals surface area contributed by atoms with Crippen LogP contribution in [0.3, 0.4) is 0 Å². The molecule has 6 aliphatic rings. The predicted octanol–water partition coefficient (Wildman–Crippen LogP) is 3.14. The molecule has 0 aliphatic carbocycles. The molecule has 6 fully saturated rings. The summed E-state index contributed by atoms with van der Waals surface area (Å²) in [6.07, 6.45) is 12.0. The van der Waals surface area contributed by atoms with E-state index >= 15 is 0 Å². The van der Waals surface area contributed by atoms with Crippen LogP contribution in [0.5, 0.6) is 0 Å². The molecule has 12 nitrogen and oxygen atoms in total. The van der Waals surface area contributed by atoms with Crippen molar-refractivity contribution in [3.8, 4) is 0 Å². The van der Waals surface area contributed by atoms with Gasteiger partial charge in [-0.05, 0) is 78.6 Å². The van der Waals surface area contributed by atoms with Crippen LogP contribution in [-0.4, -0.2) is 143 Å². The summed E-state index contributed by atoms with van der Waals surface area (Å²) in [4.78, 5) is 61.4. The molecule has 276 valence electrons. The van der Waals surface area contributed by atoms with Crippen LogP contribution in [0.15, 0.2) is 0 Å². The van der Waals surface area contributed by atoms with Crippen molar-refractivity contribution in [2.45, 2.75) is 140 Å². The Morgan fingerprint density at radius 2 is 1.35 bits per heavy atom. The number of ether oxygens (including phenoxy) is 2. The standard InChI is InChI=1S/C36H61N6O6P/c1-26(2)31(40-18-6-11-34(40)45)23-28(39-17-5-10-33(39)44)21-27(38-16-4-9-32(38)43)22-29(25-49-42-20-7-12-35(42)46)41-19-8-14-36(41,47-3)37-15-13-30-24-48-30/h26-31,37,49H,4-25H2,1-3H3. The molecule has 1 N–H and O–H groups in total. The van der Waals surface area contributed by atoms with E-state index in [0.29, 0.717) is 46.9 Å². The van der Waals surface area contributed by atoms with E-state index in [1.807, 2.05) is 4.67 Å². The van der Waals surface area contributed by atoms with Crippen molar-refractivity contribution >= 4 is 32.4 Å². The fourth-order valence-corrected chi connectivity index (χ4v) is 10.7. The van der Waals surface area contributed by atoms with Crippen molar-refractivity contribution in [2.75, 3.05) is 59.1 Å². The Morgan fingerprint density at radius 1 is 0.776 bits per heavy atom. The van der Waals surface area contributed by atoms with Gasteiger partial charge in [0.25, 0.3) is 0 Å². The molecule has 4 amide bonds. The summed E-state index contributed by atoms with van der Waals surface area (Å²) in [5.74, 6) is 0.513. The molecular weight excluding hydrogens is 643 g/mol. The normalized spacial score (nSPS) is 29.2. The summed E-state index contributed by atoms with van der Waals surface area (Å²) in [7, 11) is 2.18. The number of hydrogen-bond donors (Lipinski definition) is 1. The van der Waals surface area contributed by atoms with E-state index in [4.69, 9.17) is 9.47 Å². The first-order valence-corrected chi connectivity index (χ1v) is 20.5. The average molecular weight is 705 g/mol. The molecule has 0 bridgehead atoms. The van der Waals surface area contributed by atoms with Crippen LogP contribution in [0, 0.1) is 5.92 Å². The third-order valence-corrected chi connectivity index (χ3v) is 13.5. The molecule has 0 radical (unpaired) electrons. The highest BCUT2D eigenvalue weighted by Crippen LogP contribution is 2.38. The minimum absolute atomic E-state index is 0.0557. The zero-order valence-electron chi connectivity index (χ0n) is 30.2. The molecule has 7 atom stereocenters. The van der Waals surface area contributed by atoms with Crippen molar-refractivity contribution in [1.82, 2.24) is 29.6 Å². The van der Waals surface area contributed by atoms with Gasteiger partial charge in [0.05, 0.1) is 12.7 Å². The number of carbonyl (C=O) groups is 4. The summed E-state index contributed by atoms with van der Waals surface area (Å²) in [6, 6.07) is 0.0175. The van der Waals surface area contributed by atoms with Gasteiger partial charge >= 0.3 is 0 Å². The lowest BCUT2D eigenvalue weighted by Crippen LogP contribution is -2.61. The number of carbonyl (C=O) groups excluding carboxylic acids is 4. The van der Waals surface area contributed by atoms with Gasteiger partial charge in [-0.25, -0.2) is 0 Å². The largest absolute Gasteiger partial charge is 0.373 e. The lowest BCUT2D eigenvalue weighted by atomic mass is 9.89. The van der Waals surface area contributed by atoms with Crippen LogP contribution in [0.4, 0.5) is 0 Å². The smallest absolute Gasteiger partial charge is 0.225 e. The van der Waals surface area contributed by atoms with Gasteiger partial charge in [-0.15, -0.1) is 0 Å². The second kappa shape index (κ2) is 16.7. The maximum Gasteiger partial charge on any atom is 0.225 e. The molecule has 0 spiro atoms. The van der Waals surface area contributed by atoms with Gasteiger partial charge in [0.1, 0.15) is 0 Å². The second-order valence-corrected chi connectivity index (χ2v) is 16.8. The molecule has 7 unspecified atom stereocenters. The molecule has 0 aromatic heterocycles. The highest BCUT2D eigenvalue weighted by molar-refractivity contribution is 7.36. The van der Waals surface area contributed by atoms with Crippen molar-refractivity contribution in [3.63, 3.8) is 0 Å². The zero-order chi connectivity index (χ0) is 34.5. The Hall–Kier alpha value is -1.85. The van der Waals surface area contributed by atoms with Gasteiger partial charge in [0.15, 0.2) is 5.85 Å². The van der Waals surface area contributed by atoms with Crippen LogP contribution in [0.1, 0.15) is 104 Å². The Bertz CT molecular complexity index is 1190. The Morgan fingerprint density at radius 3 is 1.88 bits per heavy atom. The average Bonchev–Trinajstić information content (AvgIpc) is 3.57. The van der Waals surface area contributed by atoms with Gasteiger partial charge in [-0.3, -0.25) is 29.4 Å². The van der Waals surface area contributed by atoms with E-state index in [2.05, 4.69) is 38.8 Å². The van der Waals surface area contributed by atoms with Gasteiger partial charge in [-0.2, -0.15) is 0 Å². The Labute approximate surface area is 295 Å². The molecule has 0 aromatic carbocycles. The Balaban J connectivity index is 1.28. The molecule has 6 rings (SSSR count). The fourth-order valence-electron chi connectivity index (χ4n) is 9.28. The van der Waals surface area contributed by atoms with Crippen LogP contribution in [0.25, 0.3) is 0 Å². The van der Waals surface area contributed by atoms with Crippen LogP contribution < -0.4 is 5.32 Å². The van der Waals surface area contributed by atoms with Crippen molar-refractivity contribution in [3.05, 3.63) is 0 Å². The molecular formula is C36H61N6O6P. The summed E-state index contributed by atoms with van der Waals surface area (Å²) < 4.78 is 13.9. The van der Waals surface area contributed by atoms with Crippen molar-refractivity contribution < 1.29 is 28.7 Å². The number of methoxy groups -OCH3 is 1.